The predicted octanol–water partition coefficient (Wildman–Crippen LogP) is 0.387. The highest BCUT2D eigenvalue weighted by Gasteiger charge is 2.21. The van der Waals surface area contributed by atoms with E-state index in [-0.39, 0.29) is 24.1 Å². The van der Waals surface area contributed by atoms with E-state index in [1.165, 1.54) is 10.7 Å². The van der Waals surface area contributed by atoms with Gasteiger partial charge < -0.3 is 15.7 Å². The van der Waals surface area contributed by atoms with E-state index in [1.54, 1.807) is 6.07 Å². The van der Waals surface area contributed by atoms with Crippen LogP contribution >= 0.6 is 12.4 Å². The van der Waals surface area contributed by atoms with E-state index in [9.17, 15) is 4.79 Å². The largest absolute Gasteiger partial charge is 0.476 e. The van der Waals surface area contributed by atoms with E-state index in [0.29, 0.717) is 5.65 Å². The summed E-state index contributed by atoms with van der Waals surface area (Å²) in [5.41, 5.74) is 6.38. The number of nitrogens with two attached hydrogens (primary N) is 1. The van der Waals surface area contributed by atoms with Crippen LogP contribution in [0.3, 0.4) is 0 Å². The maximum atomic E-state index is 10.8. The summed E-state index contributed by atoms with van der Waals surface area (Å²) in [5.74, 6) is -0.255. The molecule has 3 N–H and O–H groups in total. The topological polar surface area (TPSA) is 96.8 Å². The third-order valence-corrected chi connectivity index (χ3v) is 3.07. The van der Waals surface area contributed by atoms with Gasteiger partial charge in [0.05, 0.1) is 6.20 Å². The van der Waals surface area contributed by atoms with Crippen molar-refractivity contribution in [1.82, 2.24) is 14.6 Å². The monoisotopic (exact) mass is 283 g/mol. The van der Waals surface area contributed by atoms with E-state index >= 15 is 0 Å². The van der Waals surface area contributed by atoms with Crippen LogP contribution < -0.4 is 10.6 Å². The van der Waals surface area contributed by atoms with Gasteiger partial charge in [-0.05, 0) is 18.6 Å². The predicted molar refractivity (Wildman–Crippen MR) is 72.0 cm³/mol. The number of carboxylic acid groups (broad SMARTS) is 1. The van der Waals surface area contributed by atoms with Crippen LogP contribution in [-0.4, -0.2) is 44.8 Å². The van der Waals surface area contributed by atoms with Gasteiger partial charge in [0, 0.05) is 19.1 Å². The van der Waals surface area contributed by atoms with Gasteiger partial charge in [0.25, 0.3) is 0 Å². The first kappa shape index (κ1) is 13.6. The number of anilines is 1. The summed E-state index contributed by atoms with van der Waals surface area (Å²) >= 11 is 0. The fraction of sp³-hybridized carbons (Fsp3) is 0.364. The first-order chi connectivity index (χ1) is 8.63. The zero-order valence-corrected chi connectivity index (χ0v) is 10.9. The van der Waals surface area contributed by atoms with Gasteiger partial charge >= 0.3 is 5.97 Å². The minimum absolute atomic E-state index is 0. The Morgan fingerprint density at radius 2 is 2.26 bits per heavy atom. The number of aromatic nitrogens is 3. The van der Waals surface area contributed by atoms with Gasteiger partial charge in [-0.2, -0.15) is 0 Å². The van der Waals surface area contributed by atoms with E-state index < -0.39 is 5.97 Å². The quantitative estimate of drug-likeness (QED) is 0.827. The lowest BCUT2D eigenvalue weighted by molar-refractivity contribution is 0.0691. The lowest BCUT2D eigenvalue weighted by atomic mass is 10.3. The Kier molecular flexibility index (Phi) is 3.59. The van der Waals surface area contributed by atoms with E-state index in [2.05, 4.69) is 15.0 Å². The van der Waals surface area contributed by atoms with Crippen LogP contribution in [0.15, 0.2) is 18.3 Å². The van der Waals surface area contributed by atoms with Gasteiger partial charge in [0.1, 0.15) is 5.82 Å². The van der Waals surface area contributed by atoms with Crippen molar-refractivity contribution in [3.05, 3.63) is 24.0 Å². The van der Waals surface area contributed by atoms with E-state index in [1.807, 2.05) is 6.07 Å². The van der Waals surface area contributed by atoms with Crippen molar-refractivity contribution in [2.24, 2.45) is 5.73 Å². The van der Waals surface area contributed by atoms with Crippen molar-refractivity contribution in [3.8, 4) is 0 Å². The zero-order chi connectivity index (χ0) is 12.7. The molecule has 102 valence electrons. The molecule has 0 amide bonds. The number of hydrogen-bond donors (Lipinski definition) is 2. The second kappa shape index (κ2) is 5.02. The van der Waals surface area contributed by atoms with Crippen LogP contribution in [0.4, 0.5) is 5.82 Å². The van der Waals surface area contributed by atoms with Crippen LogP contribution in [0.1, 0.15) is 16.9 Å². The van der Waals surface area contributed by atoms with Crippen molar-refractivity contribution in [3.63, 3.8) is 0 Å². The summed E-state index contributed by atoms with van der Waals surface area (Å²) in [4.78, 5) is 16.9. The summed E-state index contributed by atoms with van der Waals surface area (Å²) in [5, 5.41) is 13.2. The van der Waals surface area contributed by atoms with Crippen LogP contribution in [-0.2, 0) is 0 Å². The highest BCUT2D eigenvalue weighted by Crippen LogP contribution is 2.17. The van der Waals surface area contributed by atoms with Gasteiger partial charge in [-0.15, -0.1) is 17.5 Å². The van der Waals surface area contributed by atoms with Crippen molar-refractivity contribution in [2.75, 3.05) is 18.0 Å². The number of hydrogen-bond acceptors (Lipinski definition) is 5. The number of carbonyl (C=O) groups is 1. The van der Waals surface area contributed by atoms with Crippen molar-refractivity contribution in [2.45, 2.75) is 12.5 Å². The highest BCUT2D eigenvalue weighted by molar-refractivity contribution is 5.86. The van der Waals surface area contributed by atoms with Gasteiger partial charge in [0.2, 0.25) is 0 Å². The number of imidazole rings is 1. The molecule has 0 saturated carbocycles. The average Bonchev–Trinajstić information content (AvgIpc) is 2.93. The molecule has 0 spiro atoms. The summed E-state index contributed by atoms with van der Waals surface area (Å²) in [6, 6.07) is 3.78. The molecule has 0 aromatic carbocycles. The first-order valence-corrected chi connectivity index (χ1v) is 5.74. The zero-order valence-electron chi connectivity index (χ0n) is 10.1. The minimum atomic E-state index is -1.05. The molecule has 8 heteroatoms. The molecule has 7 nitrogen and oxygen atoms in total. The molecule has 1 saturated heterocycles. The maximum Gasteiger partial charge on any atom is 0.356 e. The molecule has 3 heterocycles. The first-order valence-electron chi connectivity index (χ1n) is 5.74. The molecule has 1 atom stereocenters. The van der Waals surface area contributed by atoms with Crippen molar-refractivity contribution in [1.29, 1.82) is 0 Å². The normalized spacial score (nSPS) is 18.6. The van der Waals surface area contributed by atoms with Gasteiger partial charge in [-0.3, -0.25) is 0 Å². The summed E-state index contributed by atoms with van der Waals surface area (Å²) in [6.45, 7) is 1.65. The van der Waals surface area contributed by atoms with Gasteiger partial charge in [-0.1, -0.05) is 0 Å². The molecule has 1 aliphatic heterocycles. The van der Waals surface area contributed by atoms with E-state index in [0.717, 1.165) is 25.3 Å². The number of carboxylic acids is 1. The molecule has 2 aromatic heterocycles. The molecule has 3 rings (SSSR count). The summed E-state index contributed by atoms with van der Waals surface area (Å²) < 4.78 is 1.49. The van der Waals surface area contributed by atoms with Crippen molar-refractivity contribution < 1.29 is 9.90 Å². The van der Waals surface area contributed by atoms with E-state index in [4.69, 9.17) is 10.8 Å². The summed E-state index contributed by atoms with van der Waals surface area (Å²) in [7, 11) is 0. The molecule has 0 unspecified atom stereocenters. The Morgan fingerprint density at radius 3 is 2.89 bits per heavy atom. The number of rotatable bonds is 2. The molecule has 1 aliphatic rings. The minimum Gasteiger partial charge on any atom is -0.476 e. The lowest BCUT2D eigenvalue weighted by Gasteiger charge is -2.16. The third-order valence-electron chi connectivity index (χ3n) is 3.07. The fourth-order valence-electron chi connectivity index (χ4n) is 2.14. The van der Waals surface area contributed by atoms with Crippen molar-refractivity contribution >= 4 is 29.8 Å². The SMILES string of the molecule is Cl.N[C@@H]1CCN(c2ccc3nc(C(=O)O)cn3n2)C1. The van der Waals surface area contributed by atoms with Crippen LogP contribution in [0, 0.1) is 0 Å². The smallest absolute Gasteiger partial charge is 0.356 e. The Bertz CT molecular complexity index is 614. The maximum absolute atomic E-state index is 10.8. The van der Waals surface area contributed by atoms with Crippen LogP contribution in [0.25, 0.3) is 5.65 Å². The molecule has 2 aromatic rings. The second-order valence-corrected chi connectivity index (χ2v) is 4.42. The number of halogens is 1. The third kappa shape index (κ3) is 2.47. The average molecular weight is 284 g/mol. The Labute approximate surface area is 115 Å². The number of nitrogens with zero attached hydrogens (tertiary/aromatic N) is 4. The summed E-state index contributed by atoms with van der Waals surface area (Å²) in [6.07, 6.45) is 2.36. The van der Waals surface area contributed by atoms with Crippen LogP contribution in [0.5, 0.6) is 0 Å². The lowest BCUT2D eigenvalue weighted by Crippen LogP contribution is -2.27. The Morgan fingerprint density at radius 1 is 1.47 bits per heavy atom. The van der Waals surface area contributed by atoms with Crippen LogP contribution in [0.2, 0.25) is 0 Å². The molecular formula is C11H14ClN5O2. The van der Waals surface area contributed by atoms with Gasteiger partial charge in [0.15, 0.2) is 11.3 Å². The highest BCUT2D eigenvalue weighted by atomic mass is 35.5. The Balaban J connectivity index is 0.00000133. The molecule has 0 aliphatic carbocycles. The molecular weight excluding hydrogens is 270 g/mol. The molecule has 0 radical (unpaired) electrons. The molecule has 1 fully saturated rings. The fourth-order valence-corrected chi connectivity index (χ4v) is 2.14. The number of fused-ring (bicyclic) bond motifs is 1. The van der Waals surface area contributed by atoms with Gasteiger partial charge in [-0.25, -0.2) is 14.3 Å². The Hall–Kier alpha value is -1.86. The molecule has 0 bridgehead atoms. The number of aromatic carboxylic acids is 1. The molecule has 19 heavy (non-hydrogen) atoms. The standard InChI is InChI=1S/C11H13N5O2.ClH/c12-7-3-4-15(5-7)10-2-1-9-13-8(11(17)18)6-16(9)14-10;/h1-2,6-7H,3-5,12H2,(H,17,18);1H/t7-;/m1./s1. The second-order valence-electron chi connectivity index (χ2n) is 4.42.